The summed E-state index contributed by atoms with van der Waals surface area (Å²) < 4.78 is 20.9. The number of imidazole rings is 1. The predicted molar refractivity (Wildman–Crippen MR) is 114 cm³/mol. The average molecular weight is 456 g/mol. The van der Waals surface area contributed by atoms with E-state index in [-0.39, 0.29) is 28.6 Å². The van der Waals surface area contributed by atoms with Crippen LogP contribution in [0.3, 0.4) is 0 Å². The number of halogens is 2. The summed E-state index contributed by atoms with van der Waals surface area (Å²) in [6.07, 6.45) is 5.65. The van der Waals surface area contributed by atoms with E-state index in [1.54, 1.807) is 18.6 Å². The highest BCUT2D eigenvalue weighted by molar-refractivity contribution is 6.31. The number of ether oxygens (including phenoxy) is 1. The zero-order valence-corrected chi connectivity index (χ0v) is 17.7. The van der Waals surface area contributed by atoms with Crippen molar-refractivity contribution < 1.29 is 18.7 Å². The van der Waals surface area contributed by atoms with Crippen molar-refractivity contribution in [3.63, 3.8) is 0 Å². The third kappa shape index (κ3) is 3.43. The monoisotopic (exact) mass is 455 g/mol. The fourth-order valence-electron chi connectivity index (χ4n) is 4.27. The van der Waals surface area contributed by atoms with E-state index in [4.69, 9.17) is 16.3 Å². The summed E-state index contributed by atoms with van der Waals surface area (Å²) >= 11 is 6.05. The zero-order valence-electron chi connectivity index (χ0n) is 16.9. The molecule has 0 radical (unpaired) electrons. The molecule has 4 heterocycles. The topological polar surface area (TPSA) is 100 Å². The molecule has 0 bridgehead atoms. The molecule has 1 spiro atoms. The molecule has 2 aliphatic rings. The second kappa shape index (κ2) is 7.99. The number of piperidine rings is 1. The van der Waals surface area contributed by atoms with Gasteiger partial charge >= 0.3 is 12.0 Å². The van der Waals surface area contributed by atoms with Gasteiger partial charge in [-0.05, 0) is 43.1 Å². The van der Waals surface area contributed by atoms with Gasteiger partial charge in [-0.1, -0.05) is 17.7 Å². The number of aromatic nitrogens is 3. The molecule has 0 unspecified atom stereocenters. The molecule has 0 aliphatic carbocycles. The first-order chi connectivity index (χ1) is 15.5. The van der Waals surface area contributed by atoms with Crippen molar-refractivity contribution >= 4 is 29.3 Å². The van der Waals surface area contributed by atoms with Gasteiger partial charge < -0.3 is 15.0 Å². The number of benzene rings is 1. The number of rotatable bonds is 3. The van der Waals surface area contributed by atoms with Gasteiger partial charge in [-0.3, -0.25) is 9.78 Å². The Bertz CT molecular complexity index is 1190. The lowest BCUT2D eigenvalue weighted by Gasteiger charge is -2.44. The smallest absolute Gasteiger partial charge is 0.422 e. The molecular weight excluding hydrogens is 437 g/mol. The Kier molecular flexibility index (Phi) is 5.15. The number of H-pyrrole nitrogens is 1. The van der Waals surface area contributed by atoms with Crippen molar-refractivity contribution in [3.05, 3.63) is 76.3 Å². The molecule has 1 fully saturated rings. The Morgan fingerprint density at radius 1 is 1.34 bits per heavy atom. The van der Waals surface area contributed by atoms with Crippen LogP contribution in [-0.2, 0) is 16.8 Å². The maximum atomic E-state index is 15.2. The predicted octanol–water partition coefficient (Wildman–Crippen LogP) is 3.56. The minimum Gasteiger partial charge on any atom is -0.436 e. The van der Waals surface area contributed by atoms with Crippen molar-refractivity contribution in [1.29, 1.82) is 0 Å². The highest BCUT2D eigenvalue weighted by Crippen LogP contribution is 2.46. The number of carbonyl (C=O) groups excluding carboxylic acids is 2. The highest BCUT2D eigenvalue weighted by atomic mass is 35.5. The summed E-state index contributed by atoms with van der Waals surface area (Å²) in [6, 6.07) is 6.50. The van der Waals surface area contributed by atoms with Gasteiger partial charge in [0.15, 0.2) is 17.2 Å². The van der Waals surface area contributed by atoms with E-state index in [0.29, 0.717) is 25.0 Å². The molecule has 2 amide bonds. The first-order valence-corrected chi connectivity index (χ1v) is 10.6. The van der Waals surface area contributed by atoms with Gasteiger partial charge in [0.25, 0.3) is 0 Å². The molecule has 3 aromatic rings. The van der Waals surface area contributed by atoms with Crippen LogP contribution in [0.4, 0.5) is 14.9 Å². The molecular formula is C22H19ClFN5O3. The van der Waals surface area contributed by atoms with E-state index in [0.717, 1.165) is 17.0 Å². The standard InChI is InChI=1S/C22H19ClFN5O3/c23-15-4-5-16-17(18(15)24)22(6-2-8-26-12-22)32-21(31)29(16)20(30)19-27-11-14(28-19)9-13-3-1-7-25-10-13/h1,3-5,7,10-11,26H,2,6,8-9,12H2,(H,27,28)/t22-/m0/s1. The highest BCUT2D eigenvalue weighted by Gasteiger charge is 2.50. The normalized spacial score (nSPS) is 20.2. The van der Waals surface area contributed by atoms with E-state index in [9.17, 15) is 9.59 Å². The van der Waals surface area contributed by atoms with Gasteiger partial charge in [-0.25, -0.2) is 19.1 Å². The summed E-state index contributed by atoms with van der Waals surface area (Å²) in [6.45, 7) is 0.965. The number of carbonyl (C=O) groups is 2. The van der Waals surface area contributed by atoms with Crippen molar-refractivity contribution in [2.45, 2.75) is 24.9 Å². The van der Waals surface area contributed by atoms with Crippen LogP contribution in [0.15, 0.2) is 42.9 Å². The van der Waals surface area contributed by atoms with E-state index in [2.05, 4.69) is 20.3 Å². The lowest BCUT2D eigenvalue weighted by Crippen LogP contribution is -2.55. The number of pyridine rings is 1. The van der Waals surface area contributed by atoms with Crippen molar-refractivity contribution in [2.75, 3.05) is 18.0 Å². The molecule has 2 aliphatic heterocycles. The lowest BCUT2D eigenvalue weighted by molar-refractivity contribution is -0.0145. The minimum atomic E-state index is -1.22. The number of amides is 2. The Labute approximate surface area is 187 Å². The molecule has 1 atom stereocenters. The Hall–Kier alpha value is -3.30. The largest absolute Gasteiger partial charge is 0.436 e. The molecule has 1 saturated heterocycles. The first kappa shape index (κ1) is 20.6. The average Bonchev–Trinajstić information content (AvgIpc) is 3.25. The van der Waals surface area contributed by atoms with Crippen LogP contribution in [0.5, 0.6) is 0 Å². The summed E-state index contributed by atoms with van der Waals surface area (Å²) in [5, 5.41) is 3.04. The van der Waals surface area contributed by atoms with Gasteiger partial charge in [0.1, 0.15) is 0 Å². The number of aromatic amines is 1. The van der Waals surface area contributed by atoms with Crippen LogP contribution in [0, 0.1) is 5.82 Å². The summed E-state index contributed by atoms with van der Waals surface area (Å²) in [5.41, 5.74) is 0.520. The number of nitrogens with zero attached hydrogens (tertiary/aromatic N) is 3. The maximum Gasteiger partial charge on any atom is 0.422 e. The second-order valence-corrected chi connectivity index (χ2v) is 8.22. The lowest BCUT2D eigenvalue weighted by atomic mass is 9.83. The third-order valence-electron chi connectivity index (χ3n) is 5.72. The number of fused-ring (bicyclic) bond motifs is 2. The first-order valence-electron chi connectivity index (χ1n) is 10.2. The SMILES string of the molecule is O=C1O[C@]2(CCCNC2)c2c(ccc(Cl)c2F)N1C(=O)c1nc(Cc2cccnc2)c[nH]1. The third-order valence-corrected chi connectivity index (χ3v) is 6.02. The minimum absolute atomic E-state index is 0.0557. The van der Waals surface area contributed by atoms with Crippen molar-refractivity contribution in [3.8, 4) is 0 Å². The van der Waals surface area contributed by atoms with E-state index < -0.39 is 23.4 Å². The zero-order chi connectivity index (χ0) is 22.3. The number of imide groups is 1. The number of hydrogen-bond donors (Lipinski definition) is 2. The fourth-order valence-corrected chi connectivity index (χ4v) is 4.43. The Morgan fingerprint density at radius 3 is 2.97 bits per heavy atom. The van der Waals surface area contributed by atoms with Crippen LogP contribution >= 0.6 is 11.6 Å². The molecule has 164 valence electrons. The number of nitrogens with one attached hydrogen (secondary N) is 2. The van der Waals surface area contributed by atoms with Crippen LogP contribution in [0.25, 0.3) is 0 Å². The fraction of sp³-hybridized carbons (Fsp3) is 0.273. The Balaban J connectivity index is 1.51. The van der Waals surface area contributed by atoms with Gasteiger partial charge in [0.2, 0.25) is 0 Å². The van der Waals surface area contributed by atoms with Gasteiger partial charge in [-0.2, -0.15) is 0 Å². The van der Waals surface area contributed by atoms with Gasteiger partial charge in [0, 0.05) is 31.6 Å². The van der Waals surface area contributed by atoms with Gasteiger partial charge in [-0.15, -0.1) is 0 Å². The van der Waals surface area contributed by atoms with E-state index in [1.807, 2.05) is 12.1 Å². The Morgan fingerprint density at radius 2 is 2.22 bits per heavy atom. The molecule has 2 N–H and O–H groups in total. The molecule has 5 rings (SSSR count). The van der Waals surface area contributed by atoms with Crippen LogP contribution in [0.1, 0.15) is 40.3 Å². The van der Waals surface area contributed by atoms with E-state index in [1.165, 1.54) is 12.1 Å². The van der Waals surface area contributed by atoms with Crippen molar-refractivity contribution in [1.82, 2.24) is 20.3 Å². The maximum absolute atomic E-state index is 15.2. The van der Waals surface area contributed by atoms with Crippen LogP contribution < -0.4 is 10.2 Å². The number of hydrogen-bond acceptors (Lipinski definition) is 6. The molecule has 0 saturated carbocycles. The summed E-state index contributed by atoms with van der Waals surface area (Å²) in [7, 11) is 0. The molecule has 32 heavy (non-hydrogen) atoms. The van der Waals surface area contributed by atoms with Crippen molar-refractivity contribution in [2.24, 2.45) is 0 Å². The van der Waals surface area contributed by atoms with E-state index >= 15 is 4.39 Å². The molecule has 8 nitrogen and oxygen atoms in total. The van der Waals surface area contributed by atoms with Crippen LogP contribution in [0.2, 0.25) is 5.02 Å². The summed E-state index contributed by atoms with van der Waals surface area (Å²) in [5.74, 6) is -1.50. The number of anilines is 1. The van der Waals surface area contributed by atoms with Crippen LogP contribution in [-0.4, -0.2) is 40.0 Å². The molecule has 2 aromatic heterocycles. The quantitative estimate of drug-likeness (QED) is 0.626. The molecule has 10 heteroatoms. The molecule has 1 aromatic carbocycles. The second-order valence-electron chi connectivity index (χ2n) is 7.82. The van der Waals surface area contributed by atoms with Gasteiger partial charge in [0.05, 0.1) is 22.0 Å². The summed E-state index contributed by atoms with van der Waals surface area (Å²) in [4.78, 5) is 38.2.